The van der Waals surface area contributed by atoms with E-state index in [-0.39, 0.29) is 18.7 Å². The molecule has 3 atom stereocenters. The third-order valence-electron chi connectivity index (χ3n) is 4.55. The number of aliphatic hydroxyl groups excluding tert-OH is 1. The van der Waals surface area contributed by atoms with Crippen LogP contribution in [-0.4, -0.2) is 75.9 Å². The molecule has 2 rings (SSSR count). The molecule has 0 bridgehead atoms. The van der Waals surface area contributed by atoms with Crippen LogP contribution >= 0.6 is 12.6 Å². The van der Waals surface area contributed by atoms with Crippen molar-refractivity contribution in [1.82, 2.24) is 20.9 Å². The molecule has 0 aliphatic heterocycles. The SMILES string of the molecule is NCC(=O)NC(CS)C(=O)NC(CO)C(=O)NC(Cc1c[nH]c2ccccc12)C(=O)O. The highest BCUT2D eigenvalue weighted by atomic mass is 32.1. The number of H-pyrrole nitrogens is 1. The van der Waals surface area contributed by atoms with E-state index in [2.05, 4.69) is 33.6 Å². The number of benzene rings is 1. The van der Waals surface area contributed by atoms with Crippen molar-refractivity contribution in [3.05, 3.63) is 36.0 Å². The van der Waals surface area contributed by atoms with E-state index >= 15 is 0 Å². The smallest absolute Gasteiger partial charge is 0.326 e. The summed E-state index contributed by atoms with van der Waals surface area (Å²) in [5.41, 5.74) is 6.71. The molecule has 3 unspecified atom stereocenters. The zero-order chi connectivity index (χ0) is 23.0. The molecule has 3 amide bonds. The maximum Gasteiger partial charge on any atom is 0.326 e. The molecule has 12 heteroatoms. The van der Waals surface area contributed by atoms with Crippen LogP contribution in [-0.2, 0) is 25.6 Å². The number of para-hydroxylation sites is 1. The summed E-state index contributed by atoms with van der Waals surface area (Å²) in [6, 6.07) is 3.51. The summed E-state index contributed by atoms with van der Waals surface area (Å²) in [5, 5.41) is 26.8. The van der Waals surface area contributed by atoms with Crippen LogP contribution in [0.2, 0.25) is 0 Å². The molecular formula is C19H25N5O6S. The van der Waals surface area contributed by atoms with Gasteiger partial charge in [-0.2, -0.15) is 12.6 Å². The first-order valence-corrected chi connectivity index (χ1v) is 10.0. The molecule has 2 aromatic rings. The average molecular weight is 452 g/mol. The Morgan fingerprint density at radius 2 is 1.68 bits per heavy atom. The van der Waals surface area contributed by atoms with Gasteiger partial charge < -0.3 is 36.9 Å². The van der Waals surface area contributed by atoms with Crippen LogP contribution in [0.3, 0.4) is 0 Å². The molecule has 1 heterocycles. The number of aromatic amines is 1. The summed E-state index contributed by atoms with van der Waals surface area (Å²) in [7, 11) is 0. The van der Waals surface area contributed by atoms with E-state index in [0.717, 1.165) is 10.9 Å². The molecular weight excluding hydrogens is 426 g/mol. The molecule has 0 saturated heterocycles. The fourth-order valence-electron chi connectivity index (χ4n) is 2.91. The Kier molecular flexibility index (Phi) is 8.85. The van der Waals surface area contributed by atoms with Gasteiger partial charge in [0.2, 0.25) is 17.7 Å². The number of carboxylic acid groups (broad SMARTS) is 1. The van der Waals surface area contributed by atoms with Crippen LogP contribution in [0.1, 0.15) is 5.56 Å². The molecule has 11 nitrogen and oxygen atoms in total. The van der Waals surface area contributed by atoms with Crippen LogP contribution in [0.5, 0.6) is 0 Å². The summed E-state index contributed by atoms with van der Waals surface area (Å²) >= 11 is 3.97. The first kappa shape index (κ1) is 24.2. The molecule has 31 heavy (non-hydrogen) atoms. The highest BCUT2D eigenvalue weighted by molar-refractivity contribution is 7.80. The minimum absolute atomic E-state index is 0.0109. The van der Waals surface area contributed by atoms with E-state index < -0.39 is 48.4 Å². The molecule has 0 fully saturated rings. The fourth-order valence-corrected chi connectivity index (χ4v) is 3.16. The second-order valence-corrected chi connectivity index (χ2v) is 7.08. The maximum atomic E-state index is 12.5. The number of amides is 3. The second-order valence-electron chi connectivity index (χ2n) is 6.71. The largest absolute Gasteiger partial charge is 0.480 e. The van der Waals surface area contributed by atoms with Gasteiger partial charge in [0.05, 0.1) is 13.2 Å². The van der Waals surface area contributed by atoms with Gasteiger partial charge >= 0.3 is 5.97 Å². The normalized spacial score (nSPS) is 13.8. The Morgan fingerprint density at radius 3 is 2.29 bits per heavy atom. The van der Waals surface area contributed by atoms with Gasteiger partial charge in [-0.25, -0.2) is 4.79 Å². The number of aliphatic carboxylic acids is 1. The monoisotopic (exact) mass is 451 g/mol. The summed E-state index contributed by atoms with van der Waals surface area (Å²) in [4.78, 5) is 50.9. The van der Waals surface area contributed by atoms with Crippen LogP contribution in [0.4, 0.5) is 0 Å². The number of carbonyl (C=O) groups is 4. The number of fused-ring (bicyclic) bond motifs is 1. The van der Waals surface area contributed by atoms with Crippen molar-refractivity contribution >= 4 is 47.2 Å². The Morgan fingerprint density at radius 1 is 1.03 bits per heavy atom. The number of hydrogen-bond donors (Lipinski definition) is 8. The van der Waals surface area contributed by atoms with Gasteiger partial charge in [0, 0.05) is 29.3 Å². The molecule has 0 radical (unpaired) electrons. The predicted octanol–water partition coefficient (Wildman–Crippen LogP) is -1.87. The molecule has 168 valence electrons. The van der Waals surface area contributed by atoms with Crippen molar-refractivity contribution in [1.29, 1.82) is 0 Å². The minimum atomic E-state index is -1.42. The van der Waals surface area contributed by atoms with Gasteiger partial charge in [0.1, 0.15) is 18.1 Å². The number of aliphatic hydroxyl groups is 1. The van der Waals surface area contributed by atoms with E-state index in [4.69, 9.17) is 5.73 Å². The Bertz CT molecular complexity index is 949. The van der Waals surface area contributed by atoms with E-state index in [1.165, 1.54) is 0 Å². The first-order chi connectivity index (χ1) is 14.8. The number of hydrogen-bond acceptors (Lipinski definition) is 7. The molecule has 0 spiro atoms. The lowest BCUT2D eigenvalue weighted by Gasteiger charge is -2.22. The number of thiol groups is 1. The highest BCUT2D eigenvalue weighted by Crippen LogP contribution is 2.19. The Labute approximate surface area is 183 Å². The third-order valence-corrected chi connectivity index (χ3v) is 4.91. The number of nitrogens with two attached hydrogens (primary N) is 1. The summed E-state index contributed by atoms with van der Waals surface area (Å²) in [5.74, 6) is -3.59. The van der Waals surface area contributed by atoms with Gasteiger partial charge in [0.15, 0.2) is 0 Å². The van der Waals surface area contributed by atoms with Gasteiger partial charge in [-0.3, -0.25) is 14.4 Å². The van der Waals surface area contributed by atoms with E-state index in [9.17, 15) is 29.4 Å². The average Bonchev–Trinajstić information content (AvgIpc) is 3.17. The lowest BCUT2D eigenvalue weighted by atomic mass is 10.0. The number of rotatable bonds is 11. The van der Waals surface area contributed by atoms with Gasteiger partial charge in [-0.1, -0.05) is 18.2 Å². The van der Waals surface area contributed by atoms with Crippen LogP contribution in [0.25, 0.3) is 10.9 Å². The second kappa shape index (κ2) is 11.3. The molecule has 1 aromatic carbocycles. The molecule has 0 aliphatic carbocycles. The third kappa shape index (κ3) is 6.44. The van der Waals surface area contributed by atoms with Crippen LogP contribution in [0.15, 0.2) is 30.5 Å². The van der Waals surface area contributed by atoms with E-state index in [1.54, 1.807) is 6.20 Å². The standard InChI is InChI=1S/C19H25N5O6S/c20-6-16(26)22-15(9-31)18(28)24-14(8-25)17(27)23-13(19(29)30)5-10-7-21-12-4-2-1-3-11(10)12/h1-4,7,13-15,21,25,31H,5-6,8-9,20H2,(H,22,26)(H,23,27)(H,24,28)(H,29,30). The summed E-state index contributed by atoms with van der Waals surface area (Å²) < 4.78 is 0. The molecule has 8 N–H and O–H groups in total. The van der Waals surface area contributed by atoms with Gasteiger partial charge in [0.25, 0.3) is 0 Å². The van der Waals surface area contributed by atoms with Crippen molar-refractivity contribution in [3.8, 4) is 0 Å². The van der Waals surface area contributed by atoms with Crippen molar-refractivity contribution < 1.29 is 29.4 Å². The Hall–Kier alpha value is -3.09. The summed E-state index contributed by atoms with van der Waals surface area (Å²) in [6.45, 7) is -1.11. The lowest BCUT2D eigenvalue weighted by molar-refractivity contribution is -0.142. The van der Waals surface area contributed by atoms with E-state index in [1.807, 2.05) is 24.3 Å². The summed E-state index contributed by atoms with van der Waals surface area (Å²) in [6.07, 6.45) is 1.65. The lowest BCUT2D eigenvalue weighted by Crippen LogP contribution is -2.58. The molecule has 1 aromatic heterocycles. The predicted molar refractivity (Wildman–Crippen MR) is 115 cm³/mol. The number of carboxylic acids is 1. The van der Waals surface area contributed by atoms with E-state index in [0.29, 0.717) is 5.56 Å². The van der Waals surface area contributed by atoms with Crippen LogP contribution < -0.4 is 21.7 Å². The van der Waals surface area contributed by atoms with Crippen molar-refractivity contribution in [3.63, 3.8) is 0 Å². The number of carbonyl (C=O) groups excluding carboxylic acids is 3. The van der Waals surface area contributed by atoms with Crippen molar-refractivity contribution in [2.24, 2.45) is 5.73 Å². The topological polar surface area (TPSA) is 187 Å². The quantitative estimate of drug-likeness (QED) is 0.184. The van der Waals surface area contributed by atoms with Gasteiger partial charge in [-0.15, -0.1) is 0 Å². The molecule has 0 saturated carbocycles. The molecule has 0 aliphatic rings. The fraction of sp³-hybridized carbons (Fsp3) is 0.368. The van der Waals surface area contributed by atoms with Crippen molar-refractivity contribution in [2.75, 3.05) is 18.9 Å². The first-order valence-electron chi connectivity index (χ1n) is 9.40. The highest BCUT2D eigenvalue weighted by Gasteiger charge is 2.29. The van der Waals surface area contributed by atoms with Crippen LogP contribution in [0, 0.1) is 0 Å². The maximum absolute atomic E-state index is 12.5. The number of aromatic nitrogens is 1. The van der Waals surface area contributed by atoms with Crippen molar-refractivity contribution in [2.45, 2.75) is 24.5 Å². The zero-order valence-corrected chi connectivity index (χ0v) is 17.4. The number of nitrogens with one attached hydrogen (secondary N) is 4. The zero-order valence-electron chi connectivity index (χ0n) is 16.5. The Balaban J connectivity index is 2.06. The minimum Gasteiger partial charge on any atom is -0.480 e. The van der Waals surface area contributed by atoms with Gasteiger partial charge in [-0.05, 0) is 11.6 Å².